The lowest BCUT2D eigenvalue weighted by Gasteiger charge is -2.25. The Balaban J connectivity index is 1.57. The summed E-state index contributed by atoms with van der Waals surface area (Å²) in [6, 6.07) is 11.0. The number of carbonyl (C=O) groups is 1. The molecule has 1 aromatic rings. The minimum Gasteiger partial charge on any atom is -0.368 e. The Morgan fingerprint density at radius 2 is 2.09 bits per heavy atom. The average molecular weight is 315 g/mol. The maximum atomic E-state index is 11.6. The summed E-state index contributed by atoms with van der Waals surface area (Å²) in [4.78, 5) is 14.2. The van der Waals surface area contributed by atoms with E-state index in [0.29, 0.717) is 12.0 Å². The van der Waals surface area contributed by atoms with Crippen molar-refractivity contribution in [3.05, 3.63) is 35.9 Å². The lowest BCUT2D eigenvalue weighted by Crippen LogP contribution is -2.48. The number of hydrogen-bond acceptors (Lipinski definition) is 3. The van der Waals surface area contributed by atoms with Gasteiger partial charge in [0, 0.05) is 25.7 Å². The molecule has 0 unspecified atom stereocenters. The molecule has 3 rings (SSSR count). The summed E-state index contributed by atoms with van der Waals surface area (Å²) >= 11 is 0. The van der Waals surface area contributed by atoms with E-state index in [1.165, 1.54) is 24.9 Å². The third kappa shape index (κ3) is 3.93. The SMILES string of the molecule is CCC[C@H](N[C@@H]1CC[C@H]2CN(Cc3ccccc3)C[C@H]21)C(N)=O. The summed E-state index contributed by atoms with van der Waals surface area (Å²) in [7, 11) is 0. The minimum atomic E-state index is -0.200. The van der Waals surface area contributed by atoms with E-state index < -0.39 is 0 Å². The summed E-state index contributed by atoms with van der Waals surface area (Å²) in [6.45, 7) is 5.46. The molecule has 4 nitrogen and oxygen atoms in total. The topological polar surface area (TPSA) is 58.4 Å². The van der Waals surface area contributed by atoms with Gasteiger partial charge in [-0.2, -0.15) is 0 Å². The van der Waals surface area contributed by atoms with Crippen LogP contribution in [0.5, 0.6) is 0 Å². The molecule has 1 aliphatic carbocycles. The van der Waals surface area contributed by atoms with Gasteiger partial charge >= 0.3 is 0 Å². The Hall–Kier alpha value is -1.39. The number of amides is 1. The van der Waals surface area contributed by atoms with Crippen molar-refractivity contribution in [2.45, 2.75) is 51.2 Å². The molecule has 126 valence electrons. The first kappa shape index (κ1) is 16.5. The van der Waals surface area contributed by atoms with Crippen molar-refractivity contribution < 1.29 is 4.79 Å². The van der Waals surface area contributed by atoms with E-state index in [1.54, 1.807) is 0 Å². The van der Waals surface area contributed by atoms with E-state index >= 15 is 0 Å². The molecule has 1 heterocycles. The molecule has 1 saturated heterocycles. The highest BCUT2D eigenvalue weighted by Crippen LogP contribution is 2.39. The number of likely N-dealkylation sites (tertiary alicyclic amines) is 1. The summed E-state index contributed by atoms with van der Waals surface area (Å²) in [6.07, 6.45) is 4.28. The van der Waals surface area contributed by atoms with E-state index in [-0.39, 0.29) is 11.9 Å². The van der Waals surface area contributed by atoms with Crippen LogP contribution in [0, 0.1) is 11.8 Å². The van der Waals surface area contributed by atoms with Crippen LogP contribution in [0.15, 0.2) is 30.3 Å². The largest absolute Gasteiger partial charge is 0.368 e. The highest BCUT2D eigenvalue weighted by Gasteiger charge is 2.43. The van der Waals surface area contributed by atoms with Gasteiger partial charge in [0.25, 0.3) is 0 Å². The van der Waals surface area contributed by atoms with Crippen molar-refractivity contribution in [2.75, 3.05) is 13.1 Å². The smallest absolute Gasteiger partial charge is 0.234 e. The molecule has 1 amide bonds. The van der Waals surface area contributed by atoms with E-state index in [1.807, 2.05) is 0 Å². The van der Waals surface area contributed by atoms with Crippen molar-refractivity contribution >= 4 is 5.91 Å². The van der Waals surface area contributed by atoms with E-state index in [2.05, 4.69) is 47.5 Å². The van der Waals surface area contributed by atoms with Crippen molar-refractivity contribution in [3.63, 3.8) is 0 Å². The molecule has 4 heteroatoms. The summed E-state index contributed by atoms with van der Waals surface area (Å²) in [5, 5.41) is 3.57. The Morgan fingerprint density at radius 1 is 1.30 bits per heavy atom. The Bertz CT molecular complexity index is 519. The van der Waals surface area contributed by atoms with E-state index in [4.69, 9.17) is 5.73 Å². The van der Waals surface area contributed by atoms with Crippen LogP contribution in [0.1, 0.15) is 38.2 Å². The van der Waals surface area contributed by atoms with Gasteiger partial charge in [0.15, 0.2) is 0 Å². The minimum absolute atomic E-state index is 0.160. The second kappa shape index (κ2) is 7.45. The molecular weight excluding hydrogens is 286 g/mol. The van der Waals surface area contributed by atoms with Gasteiger partial charge in [-0.3, -0.25) is 9.69 Å². The third-order valence-electron chi connectivity index (χ3n) is 5.52. The Labute approximate surface area is 139 Å². The van der Waals surface area contributed by atoms with Crippen molar-refractivity contribution in [1.29, 1.82) is 0 Å². The summed E-state index contributed by atoms with van der Waals surface area (Å²) in [5.41, 5.74) is 6.94. The highest BCUT2D eigenvalue weighted by atomic mass is 16.1. The maximum Gasteiger partial charge on any atom is 0.234 e. The number of nitrogens with two attached hydrogens (primary N) is 1. The van der Waals surface area contributed by atoms with Crippen LogP contribution >= 0.6 is 0 Å². The highest BCUT2D eigenvalue weighted by molar-refractivity contribution is 5.79. The molecular formula is C19H29N3O. The zero-order valence-electron chi connectivity index (χ0n) is 14.1. The fourth-order valence-electron chi connectivity index (χ4n) is 4.39. The van der Waals surface area contributed by atoms with E-state index in [9.17, 15) is 4.79 Å². The molecule has 3 N–H and O–H groups in total. The van der Waals surface area contributed by atoms with Crippen molar-refractivity contribution in [2.24, 2.45) is 17.6 Å². The van der Waals surface area contributed by atoms with Crippen LogP contribution in [-0.4, -0.2) is 36.0 Å². The van der Waals surface area contributed by atoms with Gasteiger partial charge in [-0.15, -0.1) is 0 Å². The molecule has 2 fully saturated rings. The number of primary amides is 1. The lowest BCUT2D eigenvalue weighted by molar-refractivity contribution is -0.120. The second-order valence-electron chi connectivity index (χ2n) is 7.20. The molecule has 0 bridgehead atoms. The van der Waals surface area contributed by atoms with Gasteiger partial charge in [-0.1, -0.05) is 43.7 Å². The van der Waals surface area contributed by atoms with Gasteiger partial charge in [0.2, 0.25) is 5.91 Å². The number of nitrogens with one attached hydrogen (secondary N) is 1. The molecule has 0 aromatic heterocycles. The van der Waals surface area contributed by atoms with Gasteiger partial charge in [0.1, 0.15) is 0 Å². The normalized spacial score (nSPS) is 28.7. The number of benzene rings is 1. The van der Waals surface area contributed by atoms with Gasteiger partial charge < -0.3 is 11.1 Å². The van der Waals surface area contributed by atoms with Gasteiger partial charge in [-0.05, 0) is 36.7 Å². The van der Waals surface area contributed by atoms with Gasteiger partial charge in [-0.25, -0.2) is 0 Å². The third-order valence-corrected chi connectivity index (χ3v) is 5.52. The fraction of sp³-hybridized carbons (Fsp3) is 0.632. The van der Waals surface area contributed by atoms with Crippen LogP contribution in [0.3, 0.4) is 0 Å². The standard InChI is InChI=1S/C19H29N3O/c1-2-6-18(19(20)23)21-17-10-9-15-12-22(13-16(15)17)11-14-7-4-3-5-8-14/h3-5,7-8,15-18,21H,2,6,9-13H2,1H3,(H2,20,23)/t15-,16+,17+,18-/m0/s1. The lowest BCUT2D eigenvalue weighted by atomic mass is 9.96. The summed E-state index contributed by atoms with van der Waals surface area (Å²) < 4.78 is 0. The number of nitrogens with zero attached hydrogens (tertiary/aromatic N) is 1. The van der Waals surface area contributed by atoms with Gasteiger partial charge in [0.05, 0.1) is 6.04 Å². The first-order chi connectivity index (χ1) is 11.2. The molecule has 1 aliphatic heterocycles. The Kier molecular flexibility index (Phi) is 5.34. The first-order valence-corrected chi connectivity index (χ1v) is 8.99. The zero-order chi connectivity index (χ0) is 16.2. The van der Waals surface area contributed by atoms with E-state index in [0.717, 1.165) is 31.8 Å². The first-order valence-electron chi connectivity index (χ1n) is 8.99. The number of hydrogen-bond donors (Lipinski definition) is 2. The molecule has 2 aliphatic rings. The molecule has 4 atom stereocenters. The zero-order valence-corrected chi connectivity index (χ0v) is 14.1. The maximum absolute atomic E-state index is 11.6. The molecule has 0 radical (unpaired) electrons. The second-order valence-corrected chi connectivity index (χ2v) is 7.20. The molecule has 1 aromatic carbocycles. The van der Waals surface area contributed by atoms with Crippen LogP contribution in [0.2, 0.25) is 0 Å². The quantitative estimate of drug-likeness (QED) is 0.810. The molecule has 1 saturated carbocycles. The number of fused-ring (bicyclic) bond motifs is 1. The average Bonchev–Trinajstić information content (AvgIpc) is 3.09. The molecule has 0 spiro atoms. The van der Waals surface area contributed by atoms with Crippen LogP contribution < -0.4 is 11.1 Å². The monoisotopic (exact) mass is 315 g/mol. The molecule has 23 heavy (non-hydrogen) atoms. The van der Waals surface area contributed by atoms with Crippen molar-refractivity contribution in [1.82, 2.24) is 10.2 Å². The van der Waals surface area contributed by atoms with Crippen LogP contribution in [-0.2, 0) is 11.3 Å². The summed E-state index contributed by atoms with van der Waals surface area (Å²) in [5.74, 6) is 1.23. The predicted octanol–water partition coefficient (Wildman–Crippen LogP) is 2.14. The number of rotatable bonds is 7. The fourth-order valence-corrected chi connectivity index (χ4v) is 4.39. The van der Waals surface area contributed by atoms with Crippen molar-refractivity contribution in [3.8, 4) is 0 Å². The predicted molar refractivity (Wildman–Crippen MR) is 92.7 cm³/mol. The Morgan fingerprint density at radius 3 is 2.78 bits per heavy atom. The van der Waals surface area contributed by atoms with Crippen LogP contribution in [0.4, 0.5) is 0 Å². The number of carbonyl (C=O) groups excluding carboxylic acids is 1. The van der Waals surface area contributed by atoms with Crippen LogP contribution in [0.25, 0.3) is 0 Å².